The third-order valence-electron chi connectivity index (χ3n) is 1.85. The number of hydrogen-bond acceptors (Lipinski definition) is 3. The number of hydrogen-bond donors (Lipinski definition) is 2. The lowest BCUT2D eigenvalue weighted by Gasteiger charge is -2.10. The highest BCUT2D eigenvalue weighted by Crippen LogP contribution is 2.26. The quantitative estimate of drug-likeness (QED) is 0.871. The summed E-state index contributed by atoms with van der Waals surface area (Å²) in [6.07, 6.45) is -3.16. The van der Waals surface area contributed by atoms with Crippen molar-refractivity contribution in [2.24, 2.45) is 0 Å². The molecule has 7 heteroatoms. The molecule has 0 spiro atoms. The van der Waals surface area contributed by atoms with Crippen LogP contribution in [-0.2, 0) is 0 Å². The van der Waals surface area contributed by atoms with Gasteiger partial charge in [-0.3, -0.25) is 5.10 Å². The van der Waals surface area contributed by atoms with Gasteiger partial charge >= 0.3 is 6.36 Å². The molecule has 0 radical (unpaired) electrons. The third kappa shape index (κ3) is 3.40. The zero-order chi connectivity index (χ0) is 12.3. The van der Waals surface area contributed by atoms with E-state index in [9.17, 15) is 13.2 Å². The molecule has 0 unspecified atom stereocenters. The number of nitrogens with one attached hydrogen (secondary N) is 2. The van der Waals surface area contributed by atoms with Gasteiger partial charge < -0.3 is 10.1 Å². The zero-order valence-electron chi connectivity index (χ0n) is 8.45. The standard InChI is InChI=1S/C10H8F3N3O/c11-10(12,13)17-8-3-1-2-7(6-8)15-9-4-5-14-16-9/h1-6H,(H2,14,15,16). The number of nitrogens with zero attached hydrogens (tertiary/aromatic N) is 1. The number of anilines is 2. The Bertz CT molecular complexity index is 482. The molecule has 0 saturated carbocycles. The van der Waals surface area contributed by atoms with Crippen molar-refractivity contribution >= 4 is 11.5 Å². The van der Waals surface area contributed by atoms with E-state index in [0.717, 1.165) is 0 Å². The van der Waals surface area contributed by atoms with Crippen LogP contribution >= 0.6 is 0 Å². The predicted octanol–water partition coefficient (Wildman–Crippen LogP) is 3.05. The second-order valence-electron chi connectivity index (χ2n) is 3.17. The number of benzene rings is 1. The number of halogens is 3. The van der Waals surface area contributed by atoms with Crippen molar-refractivity contribution in [3.63, 3.8) is 0 Å². The molecule has 1 aromatic carbocycles. The number of H-pyrrole nitrogens is 1. The Hall–Kier alpha value is -2.18. The molecular weight excluding hydrogens is 235 g/mol. The Morgan fingerprint density at radius 2 is 2.06 bits per heavy atom. The highest BCUT2D eigenvalue weighted by molar-refractivity contribution is 5.57. The molecule has 0 bridgehead atoms. The van der Waals surface area contributed by atoms with E-state index in [1.54, 1.807) is 12.1 Å². The van der Waals surface area contributed by atoms with Gasteiger partial charge in [-0.05, 0) is 12.1 Å². The molecule has 0 amide bonds. The topological polar surface area (TPSA) is 49.9 Å². The van der Waals surface area contributed by atoms with E-state index in [1.807, 2.05) is 0 Å². The maximum atomic E-state index is 12.0. The van der Waals surface area contributed by atoms with Crippen LogP contribution in [0.2, 0.25) is 0 Å². The Morgan fingerprint density at radius 1 is 1.24 bits per heavy atom. The first-order valence-electron chi connectivity index (χ1n) is 4.65. The van der Waals surface area contributed by atoms with Gasteiger partial charge in [0.15, 0.2) is 0 Å². The minimum atomic E-state index is -4.69. The molecule has 2 rings (SSSR count). The summed E-state index contributed by atoms with van der Waals surface area (Å²) in [6, 6.07) is 7.20. The lowest BCUT2D eigenvalue weighted by atomic mass is 10.3. The maximum absolute atomic E-state index is 12.0. The van der Waals surface area contributed by atoms with Gasteiger partial charge in [0, 0.05) is 17.8 Å². The van der Waals surface area contributed by atoms with Crippen LogP contribution in [0.1, 0.15) is 0 Å². The summed E-state index contributed by atoms with van der Waals surface area (Å²) in [4.78, 5) is 0. The first-order chi connectivity index (χ1) is 8.03. The van der Waals surface area contributed by atoms with Gasteiger partial charge in [0.05, 0.1) is 6.20 Å². The molecule has 90 valence electrons. The molecular formula is C10H8F3N3O. The first-order valence-corrected chi connectivity index (χ1v) is 4.65. The van der Waals surface area contributed by atoms with Crippen molar-refractivity contribution in [2.75, 3.05) is 5.32 Å². The number of aromatic amines is 1. The predicted molar refractivity (Wildman–Crippen MR) is 55.0 cm³/mol. The lowest BCUT2D eigenvalue weighted by Crippen LogP contribution is -2.17. The summed E-state index contributed by atoms with van der Waals surface area (Å²) in [5, 5.41) is 9.18. The van der Waals surface area contributed by atoms with Crippen LogP contribution in [0.3, 0.4) is 0 Å². The lowest BCUT2D eigenvalue weighted by molar-refractivity contribution is -0.274. The molecule has 0 saturated heterocycles. The zero-order valence-corrected chi connectivity index (χ0v) is 8.45. The fourth-order valence-electron chi connectivity index (χ4n) is 1.25. The van der Waals surface area contributed by atoms with Crippen LogP contribution in [0.4, 0.5) is 24.7 Å². The van der Waals surface area contributed by atoms with Gasteiger partial charge in [-0.1, -0.05) is 6.07 Å². The van der Waals surface area contributed by atoms with E-state index in [1.165, 1.54) is 24.4 Å². The van der Waals surface area contributed by atoms with E-state index < -0.39 is 6.36 Å². The van der Waals surface area contributed by atoms with Gasteiger partial charge in [0.2, 0.25) is 0 Å². The average Bonchev–Trinajstić information content (AvgIpc) is 2.68. The SMILES string of the molecule is FC(F)(F)Oc1cccc(Nc2ccn[nH]2)c1. The molecule has 0 aliphatic carbocycles. The molecule has 2 N–H and O–H groups in total. The largest absolute Gasteiger partial charge is 0.573 e. The van der Waals surface area contributed by atoms with Gasteiger partial charge in [-0.15, -0.1) is 13.2 Å². The minimum absolute atomic E-state index is 0.276. The van der Waals surface area contributed by atoms with Crippen molar-refractivity contribution in [1.29, 1.82) is 0 Å². The molecule has 0 atom stereocenters. The number of rotatable bonds is 3. The summed E-state index contributed by atoms with van der Waals surface area (Å²) in [5.41, 5.74) is 0.469. The van der Waals surface area contributed by atoms with Gasteiger partial charge in [-0.25, -0.2) is 0 Å². The summed E-state index contributed by atoms with van der Waals surface area (Å²) in [7, 11) is 0. The van der Waals surface area contributed by atoms with Crippen LogP contribution in [0.25, 0.3) is 0 Å². The highest BCUT2D eigenvalue weighted by Gasteiger charge is 2.31. The van der Waals surface area contributed by atoms with Crippen molar-refractivity contribution in [3.05, 3.63) is 36.5 Å². The maximum Gasteiger partial charge on any atom is 0.573 e. The normalized spacial score (nSPS) is 11.2. The Morgan fingerprint density at radius 3 is 2.71 bits per heavy atom. The smallest absolute Gasteiger partial charge is 0.406 e. The van der Waals surface area contributed by atoms with Crippen LogP contribution < -0.4 is 10.1 Å². The second-order valence-corrected chi connectivity index (χ2v) is 3.17. The molecule has 1 heterocycles. The van der Waals surface area contributed by atoms with Gasteiger partial charge in [-0.2, -0.15) is 5.10 Å². The Balaban J connectivity index is 2.12. The average molecular weight is 243 g/mol. The van der Waals surface area contributed by atoms with Crippen LogP contribution in [0, 0.1) is 0 Å². The molecule has 4 nitrogen and oxygen atoms in total. The van der Waals surface area contributed by atoms with Crippen LogP contribution in [0.15, 0.2) is 36.5 Å². The van der Waals surface area contributed by atoms with Crippen molar-refractivity contribution in [3.8, 4) is 5.75 Å². The van der Waals surface area contributed by atoms with Crippen LogP contribution in [-0.4, -0.2) is 16.6 Å². The van der Waals surface area contributed by atoms with Gasteiger partial charge in [0.25, 0.3) is 0 Å². The highest BCUT2D eigenvalue weighted by atomic mass is 19.4. The van der Waals surface area contributed by atoms with Crippen molar-refractivity contribution in [2.45, 2.75) is 6.36 Å². The number of aromatic nitrogens is 2. The number of ether oxygens (including phenoxy) is 1. The molecule has 0 aliphatic rings. The van der Waals surface area contributed by atoms with E-state index in [2.05, 4.69) is 20.3 Å². The molecule has 17 heavy (non-hydrogen) atoms. The summed E-state index contributed by atoms with van der Waals surface area (Å²) >= 11 is 0. The Kier molecular flexibility index (Phi) is 2.90. The van der Waals surface area contributed by atoms with E-state index in [0.29, 0.717) is 11.5 Å². The van der Waals surface area contributed by atoms with E-state index in [-0.39, 0.29) is 5.75 Å². The molecule has 0 fully saturated rings. The first kappa shape index (κ1) is 11.3. The van der Waals surface area contributed by atoms with E-state index >= 15 is 0 Å². The second kappa shape index (κ2) is 4.36. The summed E-state index contributed by atoms with van der Waals surface area (Å²) < 4.78 is 39.8. The van der Waals surface area contributed by atoms with Crippen molar-refractivity contribution in [1.82, 2.24) is 10.2 Å². The van der Waals surface area contributed by atoms with Gasteiger partial charge in [0.1, 0.15) is 11.6 Å². The fraction of sp³-hybridized carbons (Fsp3) is 0.100. The minimum Gasteiger partial charge on any atom is -0.406 e. The van der Waals surface area contributed by atoms with Crippen molar-refractivity contribution < 1.29 is 17.9 Å². The van der Waals surface area contributed by atoms with E-state index in [4.69, 9.17) is 0 Å². The third-order valence-corrected chi connectivity index (χ3v) is 1.85. The Labute approximate surface area is 94.4 Å². The summed E-state index contributed by atoms with van der Waals surface area (Å²) in [6.45, 7) is 0. The summed E-state index contributed by atoms with van der Waals surface area (Å²) in [5.74, 6) is 0.302. The molecule has 0 aliphatic heterocycles. The molecule has 1 aromatic heterocycles. The number of alkyl halides is 3. The molecule has 2 aromatic rings. The monoisotopic (exact) mass is 243 g/mol. The fourth-order valence-corrected chi connectivity index (χ4v) is 1.25. The van der Waals surface area contributed by atoms with Crippen LogP contribution in [0.5, 0.6) is 5.75 Å².